The number of aryl methyl sites for hydroxylation is 1. The Morgan fingerprint density at radius 1 is 1.12 bits per heavy atom. The Kier molecular flexibility index (Phi) is 4.34. The molecule has 0 saturated carbocycles. The van der Waals surface area contributed by atoms with Gasteiger partial charge in [-0.25, -0.2) is 0 Å². The average Bonchev–Trinajstić information content (AvgIpc) is 3.09. The van der Waals surface area contributed by atoms with E-state index in [0.29, 0.717) is 17.7 Å². The number of allylic oxidation sites excluding steroid dienone is 1. The van der Waals surface area contributed by atoms with E-state index >= 15 is 0 Å². The molecule has 0 amide bonds. The van der Waals surface area contributed by atoms with Gasteiger partial charge >= 0.3 is 0 Å². The molecule has 4 aromatic rings. The number of aromatic nitrogens is 4. The van der Waals surface area contributed by atoms with Crippen molar-refractivity contribution in [3.63, 3.8) is 0 Å². The highest BCUT2D eigenvalue weighted by Crippen LogP contribution is 2.24. The number of fused-ring (bicyclic) bond motifs is 3. The third kappa shape index (κ3) is 2.82. The van der Waals surface area contributed by atoms with E-state index in [2.05, 4.69) is 48.0 Å². The van der Waals surface area contributed by atoms with Crippen molar-refractivity contribution in [3.05, 3.63) is 82.7 Å². The molecule has 0 spiro atoms. The predicted octanol–water partition coefficient (Wildman–Crippen LogP) is 3.83. The monoisotopic (exact) mass is 362 g/mol. The van der Waals surface area contributed by atoms with Gasteiger partial charge in [0, 0.05) is 12.3 Å². The molecule has 26 heavy (non-hydrogen) atoms. The standard InChI is InChI=1S/C20H18N4OS/c1-3-12-23-18(25)16-6-4-5-7-17(16)24-19(23)21-22-20(24)26-13-15-10-8-14(2)9-11-15/h3-11H,1,12-13H2,2H3. The lowest BCUT2D eigenvalue weighted by molar-refractivity contribution is 0.783. The van der Waals surface area contributed by atoms with Gasteiger partial charge in [0.2, 0.25) is 5.78 Å². The van der Waals surface area contributed by atoms with Crippen molar-refractivity contribution in [2.24, 2.45) is 0 Å². The van der Waals surface area contributed by atoms with Gasteiger partial charge in [-0.05, 0) is 24.6 Å². The molecule has 2 aromatic carbocycles. The van der Waals surface area contributed by atoms with Gasteiger partial charge in [0.05, 0.1) is 10.9 Å². The van der Waals surface area contributed by atoms with Crippen molar-refractivity contribution in [2.45, 2.75) is 24.4 Å². The molecule has 0 aliphatic heterocycles. The first-order valence-corrected chi connectivity index (χ1v) is 9.33. The van der Waals surface area contributed by atoms with Gasteiger partial charge in [0.15, 0.2) is 5.16 Å². The van der Waals surface area contributed by atoms with E-state index in [1.165, 1.54) is 11.1 Å². The first kappa shape index (κ1) is 16.6. The minimum atomic E-state index is -0.0736. The van der Waals surface area contributed by atoms with Crippen LogP contribution in [0.25, 0.3) is 16.7 Å². The summed E-state index contributed by atoms with van der Waals surface area (Å²) in [6, 6.07) is 16.0. The number of hydrogen-bond acceptors (Lipinski definition) is 4. The zero-order chi connectivity index (χ0) is 18.1. The highest BCUT2D eigenvalue weighted by molar-refractivity contribution is 7.98. The number of benzene rings is 2. The lowest BCUT2D eigenvalue weighted by atomic mass is 10.2. The molecular formula is C20H18N4OS. The summed E-state index contributed by atoms with van der Waals surface area (Å²) in [5.74, 6) is 1.33. The molecule has 2 heterocycles. The second-order valence-corrected chi connectivity index (χ2v) is 7.06. The minimum Gasteiger partial charge on any atom is -0.272 e. The Morgan fingerprint density at radius 2 is 1.88 bits per heavy atom. The highest BCUT2D eigenvalue weighted by atomic mass is 32.2. The van der Waals surface area contributed by atoms with Crippen molar-refractivity contribution in [3.8, 4) is 0 Å². The van der Waals surface area contributed by atoms with Crippen LogP contribution in [0.1, 0.15) is 11.1 Å². The molecule has 5 nitrogen and oxygen atoms in total. The lowest BCUT2D eigenvalue weighted by Crippen LogP contribution is -2.22. The molecule has 0 bridgehead atoms. The molecule has 0 atom stereocenters. The summed E-state index contributed by atoms with van der Waals surface area (Å²) in [6.07, 6.45) is 1.70. The Hall–Kier alpha value is -2.86. The van der Waals surface area contributed by atoms with E-state index in [-0.39, 0.29) is 5.56 Å². The predicted molar refractivity (Wildman–Crippen MR) is 106 cm³/mol. The Morgan fingerprint density at radius 3 is 2.65 bits per heavy atom. The van der Waals surface area contributed by atoms with E-state index < -0.39 is 0 Å². The zero-order valence-corrected chi connectivity index (χ0v) is 15.2. The molecule has 0 unspecified atom stereocenters. The van der Waals surface area contributed by atoms with E-state index in [1.807, 2.05) is 28.7 Å². The van der Waals surface area contributed by atoms with Crippen molar-refractivity contribution in [1.82, 2.24) is 19.2 Å². The average molecular weight is 362 g/mol. The van der Waals surface area contributed by atoms with Crippen LogP contribution in [0, 0.1) is 6.92 Å². The summed E-state index contributed by atoms with van der Waals surface area (Å²) in [7, 11) is 0. The van der Waals surface area contributed by atoms with Crippen LogP contribution in [-0.2, 0) is 12.3 Å². The summed E-state index contributed by atoms with van der Waals surface area (Å²) in [6.45, 7) is 6.23. The minimum absolute atomic E-state index is 0.0736. The van der Waals surface area contributed by atoms with Gasteiger partial charge in [-0.3, -0.25) is 13.8 Å². The summed E-state index contributed by atoms with van der Waals surface area (Å²) in [5.41, 5.74) is 3.21. The SMILES string of the molecule is C=CCn1c(=O)c2ccccc2n2c(SCc3ccc(C)cc3)nnc12. The number of nitrogens with zero attached hydrogens (tertiary/aromatic N) is 4. The number of para-hydroxylation sites is 1. The summed E-state index contributed by atoms with van der Waals surface area (Å²) < 4.78 is 3.57. The fourth-order valence-corrected chi connectivity index (χ4v) is 3.85. The van der Waals surface area contributed by atoms with Crippen LogP contribution in [0.2, 0.25) is 0 Å². The third-order valence-electron chi connectivity index (χ3n) is 4.28. The first-order chi connectivity index (χ1) is 12.7. The van der Waals surface area contributed by atoms with Gasteiger partial charge in [-0.2, -0.15) is 0 Å². The molecule has 0 fully saturated rings. The fraction of sp³-hybridized carbons (Fsp3) is 0.150. The topological polar surface area (TPSA) is 52.2 Å². The van der Waals surface area contributed by atoms with E-state index in [4.69, 9.17) is 0 Å². The third-order valence-corrected chi connectivity index (χ3v) is 5.28. The largest absolute Gasteiger partial charge is 0.272 e. The molecule has 4 rings (SSSR count). The van der Waals surface area contributed by atoms with Crippen LogP contribution in [0.3, 0.4) is 0 Å². The summed E-state index contributed by atoms with van der Waals surface area (Å²) in [5, 5.41) is 10.1. The Labute approximate surface area is 155 Å². The van der Waals surface area contributed by atoms with Crippen LogP contribution in [0.15, 0.2) is 71.1 Å². The first-order valence-electron chi connectivity index (χ1n) is 8.35. The second-order valence-electron chi connectivity index (χ2n) is 6.11. The Bertz CT molecular complexity index is 1160. The quantitative estimate of drug-likeness (QED) is 0.400. The normalized spacial score (nSPS) is 11.3. The molecule has 0 radical (unpaired) electrons. The highest BCUT2D eigenvalue weighted by Gasteiger charge is 2.16. The number of thioether (sulfide) groups is 1. The van der Waals surface area contributed by atoms with Gasteiger partial charge in [-0.15, -0.1) is 16.8 Å². The van der Waals surface area contributed by atoms with Crippen LogP contribution < -0.4 is 5.56 Å². The van der Waals surface area contributed by atoms with Crippen LogP contribution in [-0.4, -0.2) is 19.2 Å². The van der Waals surface area contributed by atoms with Gasteiger partial charge < -0.3 is 0 Å². The summed E-state index contributed by atoms with van der Waals surface area (Å²) in [4.78, 5) is 12.8. The maximum Gasteiger partial charge on any atom is 0.263 e. The molecule has 2 aromatic heterocycles. The maximum atomic E-state index is 12.8. The molecule has 0 aliphatic carbocycles. The number of hydrogen-bond donors (Lipinski definition) is 0. The molecule has 0 saturated heterocycles. The van der Waals surface area contributed by atoms with Gasteiger partial charge in [0.1, 0.15) is 0 Å². The smallest absolute Gasteiger partial charge is 0.263 e. The van der Waals surface area contributed by atoms with Crippen molar-refractivity contribution >= 4 is 28.4 Å². The van der Waals surface area contributed by atoms with Crippen molar-refractivity contribution in [1.29, 1.82) is 0 Å². The van der Waals surface area contributed by atoms with Crippen molar-refractivity contribution < 1.29 is 0 Å². The van der Waals surface area contributed by atoms with Crippen LogP contribution in [0.5, 0.6) is 0 Å². The van der Waals surface area contributed by atoms with E-state index in [1.54, 1.807) is 22.4 Å². The molecule has 0 N–H and O–H groups in total. The van der Waals surface area contributed by atoms with Crippen LogP contribution >= 0.6 is 11.8 Å². The maximum absolute atomic E-state index is 12.8. The Balaban J connectivity index is 1.84. The van der Waals surface area contributed by atoms with Crippen molar-refractivity contribution in [2.75, 3.05) is 0 Å². The lowest BCUT2D eigenvalue weighted by Gasteiger charge is -2.09. The summed E-state index contributed by atoms with van der Waals surface area (Å²) >= 11 is 1.61. The molecule has 6 heteroatoms. The fourth-order valence-electron chi connectivity index (χ4n) is 2.95. The second kappa shape index (κ2) is 6.80. The molecule has 130 valence electrons. The van der Waals surface area contributed by atoms with Crippen LogP contribution in [0.4, 0.5) is 0 Å². The van der Waals surface area contributed by atoms with E-state index in [9.17, 15) is 4.79 Å². The zero-order valence-electron chi connectivity index (χ0n) is 14.4. The van der Waals surface area contributed by atoms with Gasteiger partial charge in [0.25, 0.3) is 5.56 Å². The van der Waals surface area contributed by atoms with Gasteiger partial charge in [-0.1, -0.05) is 59.8 Å². The number of rotatable bonds is 5. The van der Waals surface area contributed by atoms with E-state index in [0.717, 1.165) is 16.4 Å². The molecular weight excluding hydrogens is 344 g/mol. The molecule has 0 aliphatic rings.